The van der Waals surface area contributed by atoms with E-state index in [4.69, 9.17) is 9.47 Å². The highest BCUT2D eigenvalue weighted by Crippen LogP contribution is 2.30. The molecule has 0 spiro atoms. The summed E-state index contributed by atoms with van der Waals surface area (Å²) < 4.78 is 42.9. The van der Waals surface area contributed by atoms with E-state index in [1.165, 1.54) is 30.7 Å². The van der Waals surface area contributed by atoms with Crippen LogP contribution < -0.4 is 9.64 Å². The van der Waals surface area contributed by atoms with Gasteiger partial charge in [-0.1, -0.05) is 12.1 Å². The van der Waals surface area contributed by atoms with Gasteiger partial charge in [0.2, 0.25) is 10.0 Å². The molecule has 10 heteroatoms. The molecule has 0 amide bonds. The predicted octanol–water partition coefficient (Wildman–Crippen LogP) is 1.78. The van der Waals surface area contributed by atoms with Crippen molar-refractivity contribution < 1.29 is 32.2 Å². The van der Waals surface area contributed by atoms with Crippen molar-refractivity contribution in [3.8, 4) is 5.75 Å². The number of piperazine rings is 1. The molecule has 0 atom stereocenters. The van der Waals surface area contributed by atoms with Crippen molar-refractivity contribution in [2.75, 3.05) is 52.4 Å². The van der Waals surface area contributed by atoms with Gasteiger partial charge in [0, 0.05) is 26.2 Å². The van der Waals surface area contributed by atoms with E-state index in [-0.39, 0.29) is 29.1 Å². The third kappa shape index (κ3) is 4.49. The molecule has 3 rings (SSSR count). The summed E-state index contributed by atoms with van der Waals surface area (Å²) >= 11 is 0. The van der Waals surface area contributed by atoms with E-state index in [1.54, 1.807) is 7.11 Å². The van der Waals surface area contributed by atoms with Crippen LogP contribution in [-0.4, -0.2) is 72.2 Å². The average Bonchev–Trinajstić information content (AvgIpc) is 2.82. The molecule has 0 N–H and O–H groups in total. The summed E-state index contributed by atoms with van der Waals surface area (Å²) in [6, 6.07) is 11.3. The van der Waals surface area contributed by atoms with Gasteiger partial charge in [-0.05, 0) is 30.3 Å². The molecule has 1 aliphatic heterocycles. The summed E-state index contributed by atoms with van der Waals surface area (Å²) in [5, 5.41) is 0. The molecule has 1 fully saturated rings. The Labute approximate surface area is 181 Å². The molecule has 0 aromatic heterocycles. The van der Waals surface area contributed by atoms with Crippen LogP contribution >= 0.6 is 0 Å². The first-order chi connectivity index (χ1) is 14.8. The Hall–Kier alpha value is -3.11. The highest BCUT2D eigenvalue weighted by molar-refractivity contribution is 7.89. The standard InChI is InChI=1S/C21H24N2O7S/c1-28-18-7-5-4-6-17(18)22-10-12-23(13-11-22)31(26,27)19-14-15(20(24)29-2)8-9-16(19)21(25)30-3/h4-9,14H,10-13H2,1-3H3. The monoisotopic (exact) mass is 448 g/mol. The largest absolute Gasteiger partial charge is 0.495 e. The number of para-hydroxylation sites is 2. The molecule has 1 heterocycles. The fourth-order valence-corrected chi connectivity index (χ4v) is 5.09. The Balaban J connectivity index is 1.90. The number of sulfonamides is 1. The van der Waals surface area contributed by atoms with Crippen LogP contribution in [0.15, 0.2) is 47.4 Å². The molecule has 0 saturated carbocycles. The lowest BCUT2D eigenvalue weighted by Crippen LogP contribution is -2.49. The second-order valence-corrected chi connectivity index (χ2v) is 8.66. The maximum absolute atomic E-state index is 13.4. The Kier molecular flexibility index (Phi) is 6.81. The second kappa shape index (κ2) is 9.36. The van der Waals surface area contributed by atoms with Crippen LogP contribution in [0.25, 0.3) is 0 Å². The van der Waals surface area contributed by atoms with Gasteiger partial charge in [-0.15, -0.1) is 0 Å². The molecule has 31 heavy (non-hydrogen) atoms. The SMILES string of the molecule is COC(=O)c1ccc(C(=O)OC)c(S(=O)(=O)N2CCN(c3ccccc3OC)CC2)c1. The minimum atomic E-state index is -4.07. The molecule has 166 valence electrons. The molecular weight excluding hydrogens is 424 g/mol. The number of methoxy groups -OCH3 is 3. The average molecular weight is 448 g/mol. The lowest BCUT2D eigenvalue weighted by Gasteiger charge is -2.36. The van der Waals surface area contributed by atoms with Crippen molar-refractivity contribution >= 4 is 27.6 Å². The Bertz CT molecular complexity index is 1080. The normalized spacial score (nSPS) is 14.7. The van der Waals surface area contributed by atoms with Crippen LogP contribution in [0.3, 0.4) is 0 Å². The van der Waals surface area contributed by atoms with E-state index in [2.05, 4.69) is 4.74 Å². The molecule has 2 aromatic carbocycles. The fourth-order valence-electron chi connectivity index (χ4n) is 3.46. The van der Waals surface area contributed by atoms with Gasteiger partial charge in [-0.2, -0.15) is 4.31 Å². The summed E-state index contributed by atoms with van der Waals surface area (Å²) in [5.74, 6) is -0.797. The summed E-state index contributed by atoms with van der Waals surface area (Å²) in [6.07, 6.45) is 0. The lowest BCUT2D eigenvalue weighted by atomic mass is 10.1. The Morgan fingerprint density at radius 1 is 0.871 bits per heavy atom. The maximum Gasteiger partial charge on any atom is 0.339 e. The number of benzene rings is 2. The first kappa shape index (κ1) is 22.6. The van der Waals surface area contributed by atoms with Gasteiger partial charge < -0.3 is 19.1 Å². The van der Waals surface area contributed by atoms with Gasteiger partial charge in [-0.3, -0.25) is 0 Å². The third-order valence-corrected chi connectivity index (χ3v) is 7.03. The molecule has 0 radical (unpaired) electrons. The number of nitrogens with zero attached hydrogens (tertiary/aromatic N) is 2. The van der Waals surface area contributed by atoms with E-state index in [0.717, 1.165) is 11.8 Å². The molecule has 1 saturated heterocycles. The minimum absolute atomic E-state index is 0.0291. The molecule has 1 aliphatic rings. The smallest absolute Gasteiger partial charge is 0.339 e. The lowest BCUT2D eigenvalue weighted by molar-refractivity contribution is 0.0583. The van der Waals surface area contributed by atoms with Crippen LogP contribution in [0, 0.1) is 0 Å². The molecular formula is C21H24N2O7S. The maximum atomic E-state index is 13.4. The number of carbonyl (C=O) groups is 2. The zero-order valence-corrected chi connectivity index (χ0v) is 18.3. The summed E-state index contributed by atoms with van der Waals surface area (Å²) in [4.78, 5) is 25.8. The van der Waals surface area contributed by atoms with Crippen LogP contribution in [0.2, 0.25) is 0 Å². The van der Waals surface area contributed by atoms with Gasteiger partial charge in [0.05, 0.1) is 43.0 Å². The number of rotatable bonds is 6. The predicted molar refractivity (Wildman–Crippen MR) is 113 cm³/mol. The summed E-state index contributed by atoms with van der Waals surface area (Å²) in [6.45, 7) is 1.26. The number of ether oxygens (including phenoxy) is 3. The molecule has 0 aliphatic carbocycles. The van der Waals surface area contributed by atoms with Crippen LogP contribution in [0.5, 0.6) is 5.75 Å². The van der Waals surface area contributed by atoms with E-state index >= 15 is 0 Å². The molecule has 0 unspecified atom stereocenters. The summed E-state index contributed by atoms with van der Waals surface area (Å²) in [7, 11) is -0.119. The van der Waals surface area contributed by atoms with Gasteiger partial charge in [0.15, 0.2) is 0 Å². The Morgan fingerprint density at radius 2 is 1.52 bits per heavy atom. The number of hydrogen-bond acceptors (Lipinski definition) is 8. The number of esters is 2. The topological polar surface area (TPSA) is 102 Å². The van der Waals surface area contributed by atoms with Crippen molar-refractivity contribution in [2.45, 2.75) is 4.90 Å². The van der Waals surface area contributed by atoms with Crippen LogP contribution in [0.1, 0.15) is 20.7 Å². The highest BCUT2D eigenvalue weighted by atomic mass is 32.2. The van der Waals surface area contributed by atoms with Gasteiger partial charge in [0.1, 0.15) is 5.75 Å². The number of hydrogen-bond donors (Lipinski definition) is 0. The second-order valence-electron chi connectivity index (χ2n) is 6.76. The Morgan fingerprint density at radius 3 is 2.13 bits per heavy atom. The third-order valence-electron chi connectivity index (χ3n) is 5.09. The highest BCUT2D eigenvalue weighted by Gasteiger charge is 2.33. The molecule has 9 nitrogen and oxygen atoms in total. The van der Waals surface area contributed by atoms with Gasteiger partial charge in [-0.25, -0.2) is 18.0 Å². The van der Waals surface area contributed by atoms with E-state index in [1.807, 2.05) is 29.2 Å². The van der Waals surface area contributed by atoms with Gasteiger partial charge in [0.25, 0.3) is 0 Å². The van der Waals surface area contributed by atoms with Crippen LogP contribution in [-0.2, 0) is 19.5 Å². The van der Waals surface area contributed by atoms with E-state index in [0.29, 0.717) is 18.8 Å². The number of carbonyl (C=O) groups excluding carboxylic acids is 2. The molecule has 2 aromatic rings. The minimum Gasteiger partial charge on any atom is -0.495 e. The first-order valence-corrected chi connectivity index (χ1v) is 11.0. The zero-order chi connectivity index (χ0) is 22.6. The van der Waals surface area contributed by atoms with Crippen molar-refractivity contribution in [1.29, 1.82) is 0 Å². The molecule has 0 bridgehead atoms. The van der Waals surface area contributed by atoms with Crippen LogP contribution in [0.4, 0.5) is 5.69 Å². The van der Waals surface area contributed by atoms with E-state index < -0.39 is 22.0 Å². The fraction of sp³-hybridized carbons (Fsp3) is 0.333. The van der Waals surface area contributed by atoms with Crippen molar-refractivity contribution in [2.24, 2.45) is 0 Å². The van der Waals surface area contributed by atoms with Crippen molar-refractivity contribution in [3.63, 3.8) is 0 Å². The quantitative estimate of drug-likeness (QED) is 0.617. The zero-order valence-electron chi connectivity index (χ0n) is 17.5. The number of anilines is 1. The van der Waals surface area contributed by atoms with Crippen molar-refractivity contribution in [3.05, 3.63) is 53.6 Å². The van der Waals surface area contributed by atoms with Crippen molar-refractivity contribution in [1.82, 2.24) is 4.31 Å². The first-order valence-electron chi connectivity index (χ1n) is 9.52. The van der Waals surface area contributed by atoms with Gasteiger partial charge >= 0.3 is 11.9 Å². The summed E-state index contributed by atoms with van der Waals surface area (Å²) in [5.41, 5.74) is 0.772. The van der Waals surface area contributed by atoms with E-state index in [9.17, 15) is 18.0 Å².